The van der Waals surface area contributed by atoms with E-state index in [0.717, 1.165) is 10.2 Å². The van der Waals surface area contributed by atoms with Crippen LogP contribution >= 0.6 is 11.3 Å². The van der Waals surface area contributed by atoms with Crippen LogP contribution in [0.15, 0.2) is 36.5 Å². The first kappa shape index (κ1) is 16.3. The Kier molecular flexibility index (Phi) is 3.65. The summed E-state index contributed by atoms with van der Waals surface area (Å²) in [5.41, 5.74) is 2.07. The number of halogens is 1. The molecule has 5 nitrogen and oxygen atoms in total. The molecule has 4 aromatic rings. The summed E-state index contributed by atoms with van der Waals surface area (Å²) in [4.78, 5) is 9.12. The molecule has 0 saturated carbocycles. The molecule has 0 spiro atoms. The normalized spacial score (nSPS) is 16.0. The van der Waals surface area contributed by atoms with Gasteiger partial charge in [-0.2, -0.15) is 0 Å². The molecule has 7 heteroatoms. The number of benzene rings is 2. The Labute approximate surface area is 158 Å². The number of aromatic nitrogens is 2. The van der Waals surface area contributed by atoms with Gasteiger partial charge in [0, 0.05) is 10.9 Å². The maximum atomic E-state index is 14.2. The maximum absolute atomic E-state index is 14.2. The van der Waals surface area contributed by atoms with Crippen LogP contribution < -0.4 is 14.2 Å². The number of hydrogen-bond acceptors (Lipinski definition) is 6. The summed E-state index contributed by atoms with van der Waals surface area (Å²) < 4.78 is 31.8. The quantitative estimate of drug-likeness (QED) is 0.507. The van der Waals surface area contributed by atoms with Crippen molar-refractivity contribution in [2.24, 2.45) is 0 Å². The molecular weight excluding hydrogens is 367 g/mol. The van der Waals surface area contributed by atoms with E-state index in [2.05, 4.69) is 16.9 Å². The standard InChI is InChI=1S/C20H14FN2O3S/c1-10-9-25-18-16(26-10)4-3-15-19(18)27-20(23-15)14-7-12(21)5-11-6-13(24-2)8-22-17(11)14/h3-8,10H,1,9H2,2H3/t10-/m1/s1. The van der Waals surface area contributed by atoms with Gasteiger partial charge >= 0.3 is 0 Å². The Bertz CT molecular complexity index is 1190. The molecule has 3 heterocycles. The summed E-state index contributed by atoms with van der Waals surface area (Å²) in [6, 6.07) is 8.35. The number of fused-ring (bicyclic) bond motifs is 4. The van der Waals surface area contributed by atoms with E-state index in [9.17, 15) is 4.39 Å². The van der Waals surface area contributed by atoms with Gasteiger partial charge < -0.3 is 14.2 Å². The minimum Gasteiger partial charge on any atom is -0.495 e. The number of thiazole rings is 1. The van der Waals surface area contributed by atoms with E-state index >= 15 is 0 Å². The van der Waals surface area contributed by atoms with Crippen LogP contribution in [0.2, 0.25) is 0 Å². The monoisotopic (exact) mass is 381 g/mol. The van der Waals surface area contributed by atoms with Gasteiger partial charge in [0.15, 0.2) is 11.5 Å². The van der Waals surface area contributed by atoms with E-state index in [1.807, 2.05) is 12.1 Å². The lowest BCUT2D eigenvalue weighted by Crippen LogP contribution is -2.25. The third-order valence-electron chi connectivity index (χ3n) is 4.37. The summed E-state index contributed by atoms with van der Waals surface area (Å²) >= 11 is 1.43. The van der Waals surface area contributed by atoms with Gasteiger partial charge in [-0.3, -0.25) is 4.98 Å². The number of rotatable bonds is 2. The van der Waals surface area contributed by atoms with Crippen LogP contribution in [0.1, 0.15) is 0 Å². The molecule has 0 aliphatic carbocycles. The highest BCUT2D eigenvalue weighted by atomic mass is 32.1. The molecule has 0 amide bonds. The second-order valence-corrected chi connectivity index (χ2v) is 7.21. The number of nitrogens with zero attached hydrogens (tertiary/aromatic N) is 2. The molecular formula is C20H14FN2O3S. The maximum Gasteiger partial charge on any atom is 0.180 e. The van der Waals surface area contributed by atoms with Crippen LogP contribution in [0.5, 0.6) is 17.2 Å². The Balaban J connectivity index is 1.72. The average molecular weight is 381 g/mol. The van der Waals surface area contributed by atoms with Crippen LogP contribution in [0.4, 0.5) is 4.39 Å². The van der Waals surface area contributed by atoms with E-state index in [1.165, 1.54) is 23.5 Å². The Morgan fingerprint density at radius 3 is 3.04 bits per heavy atom. The molecule has 5 rings (SSSR count). The Hall–Kier alpha value is -2.93. The third kappa shape index (κ3) is 2.66. The highest BCUT2D eigenvalue weighted by Crippen LogP contribution is 2.44. The predicted molar refractivity (Wildman–Crippen MR) is 102 cm³/mol. The van der Waals surface area contributed by atoms with Crippen molar-refractivity contribution in [3.8, 4) is 27.8 Å². The topological polar surface area (TPSA) is 53.5 Å². The first-order chi connectivity index (χ1) is 13.1. The zero-order valence-corrected chi connectivity index (χ0v) is 15.2. The fourth-order valence-electron chi connectivity index (χ4n) is 3.15. The van der Waals surface area contributed by atoms with Gasteiger partial charge in [-0.1, -0.05) is 0 Å². The zero-order valence-electron chi connectivity index (χ0n) is 14.4. The first-order valence-corrected chi connectivity index (χ1v) is 9.14. The highest BCUT2D eigenvalue weighted by molar-refractivity contribution is 7.22. The smallest absolute Gasteiger partial charge is 0.180 e. The summed E-state index contributed by atoms with van der Waals surface area (Å²) in [6.07, 6.45) is 1.37. The summed E-state index contributed by atoms with van der Waals surface area (Å²) in [6.45, 7) is 4.25. The molecule has 1 atom stereocenters. The van der Waals surface area contributed by atoms with Crippen molar-refractivity contribution in [2.45, 2.75) is 6.10 Å². The van der Waals surface area contributed by atoms with Crippen molar-refractivity contribution in [1.29, 1.82) is 0 Å². The van der Waals surface area contributed by atoms with Gasteiger partial charge in [0.2, 0.25) is 0 Å². The van der Waals surface area contributed by atoms with E-state index in [-0.39, 0.29) is 11.9 Å². The molecule has 135 valence electrons. The van der Waals surface area contributed by atoms with Gasteiger partial charge in [-0.15, -0.1) is 11.3 Å². The third-order valence-corrected chi connectivity index (χ3v) is 5.48. The van der Waals surface area contributed by atoms with Gasteiger partial charge in [0.1, 0.15) is 34.0 Å². The van der Waals surface area contributed by atoms with Crippen LogP contribution in [-0.2, 0) is 0 Å². The Morgan fingerprint density at radius 1 is 1.30 bits per heavy atom. The molecule has 1 aliphatic rings. The van der Waals surface area contributed by atoms with Crippen LogP contribution in [0.25, 0.3) is 31.7 Å². The minimum absolute atomic E-state index is 0.242. The van der Waals surface area contributed by atoms with Crippen molar-refractivity contribution in [3.05, 3.63) is 49.3 Å². The molecule has 0 saturated heterocycles. The van der Waals surface area contributed by atoms with Crippen LogP contribution in [-0.4, -0.2) is 29.8 Å². The van der Waals surface area contributed by atoms with Crippen molar-refractivity contribution in [1.82, 2.24) is 9.97 Å². The summed E-state index contributed by atoms with van der Waals surface area (Å²) in [7, 11) is 1.55. The lowest BCUT2D eigenvalue weighted by Gasteiger charge is -2.23. The Morgan fingerprint density at radius 2 is 2.19 bits per heavy atom. The molecule has 2 aromatic heterocycles. The van der Waals surface area contributed by atoms with Crippen LogP contribution in [0.3, 0.4) is 0 Å². The molecule has 0 N–H and O–H groups in total. The van der Waals surface area contributed by atoms with Crippen molar-refractivity contribution in [2.75, 3.05) is 13.7 Å². The lowest BCUT2D eigenvalue weighted by atomic mass is 10.1. The average Bonchev–Trinajstić information content (AvgIpc) is 3.11. The lowest BCUT2D eigenvalue weighted by molar-refractivity contribution is 0.123. The SMILES string of the molecule is [CH2][C@@H]1COc2c(ccc3nc(-c4cc(F)cc5cc(OC)cnc45)sc23)O1. The van der Waals surface area contributed by atoms with Crippen molar-refractivity contribution in [3.63, 3.8) is 0 Å². The fraction of sp³-hybridized carbons (Fsp3) is 0.150. The zero-order chi connectivity index (χ0) is 18.5. The molecule has 1 radical (unpaired) electrons. The predicted octanol–water partition coefficient (Wildman–Crippen LogP) is 4.63. The van der Waals surface area contributed by atoms with E-state index in [1.54, 1.807) is 19.4 Å². The second-order valence-electron chi connectivity index (χ2n) is 6.21. The fourth-order valence-corrected chi connectivity index (χ4v) is 4.23. The largest absolute Gasteiger partial charge is 0.495 e. The molecule has 0 unspecified atom stereocenters. The van der Waals surface area contributed by atoms with Gasteiger partial charge in [-0.25, -0.2) is 9.37 Å². The van der Waals surface area contributed by atoms with Gasteiger partial charge in [-0.05, 0) is 37.3 Å². The van der Waals surface area contributed by atoms with E-state index in [0.29, 0.717) is 45.3 Å². The molecule has 0 fully saturated rings. The first-order valence-electron chi connectivity index (χ1n) is 8.32. The molecule has 0 bridgehead atoms. The number of pyridine rings is 1. The van der Waals surface area contributed by atoms with E-state index in [4.69, 9.17) is 14.2 Å². The molecule has 2 aromatic carbocycles. The van der Waals surface area contributed by atoms with Crippen molar-refractivity contribution >= 4 is 32.5 Å². The molecule has 1 aliphatic heterocycles. The minimum atomic E-state index is -0.353. The number of methoxy groups -OCH3 is 1. The van der Waals surface area contributed by atoms with Crippen molar-refractivity contribution < 1.29 is 18.6 Å². The van der Waals surface area contributed by atoms with Gasteiger partial charge in [0.05, 0.1) is 24.3 Å². The number of hydrogen-bond donors (Lipinski definition) is 0. The summed E-state index contributed by atoms with van der Waals surface area (Å²) in [5, 5.41) is 1.33. The van der Waals surface area contributed by atoms with E-state index < -0.39 is 0 Å². The molecule has 27 heavy (non-hydrogen) atoms. The van der Waals surface area contributed by atoms with Gasteiger partial charge in [0.25, 0.3) is 0 Å². The van der Waals surface area contributed by atoms with Crippen LogP contribution in [0, 0.1) is 12.7 Å². The highest BCUT2D eigenvalue weighted by Gasteiger charge is 2.23. The summed E-state index contributed by atoms with van der Waals surface area (Å²) in [5.74, 6) is 1.53. The number of ether oxygens (including phenoxy) is 3. The second kappa shape index (κ2) is 6.06.